The zero-order valence-electron chi connectivity index (χ0n) is 12.7. The molecule has 2 N–H and O–H groups in total. The van der Waals surface area contributed by atoms with Crippen LogP contribution < -0.4 is 0 Å². The van der Waals surface area contributed by atoms with Crippen LogP contribution in [-0.4, -0.2) is 38.7 Å². The SMILES string of the molecule is Cc1sc(CN(CCCc2ccccc2)C(=O)O)nc1C(=O)O. The van der Waals surface area contributed by atoms with E-state index >= 15 is 0 Å². The first-order valence-corrected chi connectivity index (χ1v) is 8.00. The number of benzene rings is 1. The molecule has 0 radical (unpaired) electrons. The zero-order valence-corrected chi connectivity index (χ0v) is 13.5. The van der Waals surface area contributed by atoms with Crippen LogP contribution in [0.4, 0.5) is 4.79 Å². The fourth-order valence-corrected chi connectivity index (χ4v) is 3.18. The van der Waals surface area contributed by atoms with Crippen molar-refractivity contribution >= 4 is 23.4 Å². The monoisotopic (exact) mass is 334 g/mol. The number of hydrogen-bond acceptors (Lipinski definition) is 4. The molecule has 0 aliphatic rings. The molecule has 6 nitrogen and oxygen atoms in total. The third-order valence-electron chi connectivity index (χ3n) is 3.38. The highest BCUT2D eigenvalue weighted by atomic mass is 32.1. The van der Waals surface area contributed by atoms with Crippen LogP contribution in [0.2, 0.25) is 0 Å². The molecule has 23 heavy (non-hydrogen) atoms. The number of amides is 1. The average Bonchev–Trinajstić information content (AvgIpc) is 2.88. The highest BCUT2D eigenvalue weighted by molar-refractivity contribution is 7.11. The Morgan fingerprint density at radius 2 is 1.91 bits per heavy atom. The van der Waals surface area contributed by atoms with E-state index in [9.17, 15) is 14.7 Å². The topological polar surface area (TPSA) is 90.7 Å². The molecule has 1 aromatic carbocycles. The Balaban J connectivity index is 1.95. The Morgan fingerprint density at radius 1 is 1.22 bits per heavy atom. The average molecular weight is 334 g/mol. The highest BCUT2D eigenvalue weighted by Gasteiger charge is 2.18. The number of rotatable bonds is 7. The second-order valence-corrected chi connectivity index (χ2v) is 6.40. The van der Waals surface area contributed by atoms with E-state index in [4.69, 9.17) is 5.11 Å². The molecular formula is C16H18N2O4S. The van der Waals surface area contributed by atoms with Gasteiger partial charge in [-0.05, 0) is 25.3 Å². The predicted molar refractivity (Wildman–Crippen MR) is 87.0 cm³/mol. The number of hydrogen-bond donors (Lipinski definition) is 2. The van der Waals surface area contributed by atoms with E-state index in [0.29, 0.717) is 22.9 Å². The summed E-state index contributed by atoms with van der Waals surface area (Å²) in [5.74, 6) is -1.09. The first-order chi connectivity index (χ1) is 11.0. The lowest BCUT2D eigenvalue weighted by atomic mass is 10.1. The van der Waals surface area contributed by atoms with Crippen LogP contribution in [0.5, 0.6) is 0 Å². The molecule has 122 valence electrons. The van der Waals surface area contributed by atoms with Gasteiger partial charge in [0.05, 0.1) is 6.54 Å². The molecule has 0 saturated heterocycles. The van der Waals surface area contributed by atoms with E-state index in [1.807, 2.05) is 30.3 Å². The molecule has 2 rings (SSSR count). The normalized spacial score (nSPS) is 10.5. The van der Waals surface area contributed by atoms with Crippen LogP contribution in [0, 0.1) is 6.92 Å². The van der Waals surface area contributed by atoms with E-state index in [0.717, 1.165) is 12.0 Å². The van der Waals surface area contributed by atoms with E-state index in [1.54, 1.807) is 6.92 Å². The minimum absolute atomic E-state index is 0.000348. The number of carboxylic acid groups (broad SMARTS) is 2. The van der Waals surface area contributed by atoms with Crippen molar-refractivity contribution in [2.75, 3.05) is 6.54 Å². The van der Waals surface area contributed by atoms with Gasteiger partial charge in [-0.3, -0.25) is 0 Å². The quantitative estimate of drug-likeness (QED) is 0.811. The maximum Gasteiger partial charge on any atom is 0.407 e. The van der Waals surface area contributed by atoms with Crippen molar-refractivity contribution in [1.82, 2.24) is 9.88 Å². The maximum absolute atomic E-state index is 11.4. The second-order valence-electron chi connectivity index (χ2n) is 5.11. The van der Waals surface area contributed by atoms with E-state index < -0.39 is 12.1 Å². The summed E-state index contributed by atoms with van der Waals surface area (Å²) in [6.07, 6.45) is 0.469. The van der Waals surface area contributed by atoms with Crippen molar-refractivity contribution in [2.45, 2.75) is 26.3 Å². The zero-order chi connectivity index (χ0) is 16.8. The second kappa shape index (κ2) is 7.73. The number of aromatic nitrogens is 1. The van der Waals surface area contributed by atoms with Crippen molar-refractivity contribution < 1.29 is 19.8 Å². The lowest BCUT2D eigenvalue weighted by molar-refractivity contribution is 0.0690. The third kappa shape index (κ3) is 4.79. The molecule has 7 heteroatoms. The summed E-state index contributed by atoms with van der Waals surface area (Å²) >= 11 is 1.22. The number of carboxylic acids is 1. The number of carbonyl (C=O) groups is 2. The summed E-state index contributed by atoms with van der Waals surface area (Å²) < 4.78 is 0. The molecule has 0 bridgehead atoms. The van der Waals surface area contributed by atoms with Gasteiger partial charge < -0.3 is 15.1 Å². The molecular weight excluding hydrogens is 316 g/mol. The highest BCUT2D eigenvalue weighted by Crippen LogP contribution is 2.19. The van der Waals surface area contributed by atoms with Crippen molar-refractivity contribution in [3.63, 3.8) is 0 Å². The summed E-state index contributed by atoms with van der Waals surface area (Å²) in [5.41, 5.74) is 1.16. The Bertz CT molecular complexity index is 685. The van der Waals surface area contributed by atoms with E-state index in [1.165, 1.54) is 16.2 Å². The standard InChI is InChI=1S/C16H18N2O4S/c1-11-14(15(19)20)17-13(23-11)10-18(16(21)22)9-5-8-12-6-3-2-4-7-12/h2-4,6-7H,5,8-10H2,1H3,(H,19,20)(H,21,22). The molecule has 0 atom stereocenters. The van der Waals surface area contributed by atoms with Crippen LogP contribution in [0.15, 0.2) is 30.3 Å². The van der Waals surface area contributed by atoms with Crippen LogP contribution in [0.25, 0.3) is 0 Å². The van der Waals surface area contributed by atoms with Gasteiger partial charge in [-0.25, -0.2) is 14.6 Å². The predicted octanol–water partition coefficient (Wildman–Crippen LogP) is 3.26. The molecule has 1 heterocycles. The fraction of sp³-hybridized carbons (Fsp3) is 0.312. The molecule has 1 amide bonds. The summed E-state index contributed by atoms with van der Waals surface area (Å²) in [5, 5.41) is 18.8. The Hall–Kier alpha value is -2.41. The Labute approximate surface area is 138 Å². The van der Waals surface area contributed by atoms with Crippen LogP contribution in [0.3, 0.4) is 0 Å². The van der Waals surface area contributed by atoms with E-state index in [-0.39, 0.29) is 12.2 Å². The van der Waals surface area contributed by atoms with Gasteiger partial charge in [0.25, 0.3) is 0 Å². The molecule has 1 aromatic heterocycles. The van der Waals surface area contributed by atoms with Crippen molar-refractivity contribution in [2.24, 2.45) is 0 Å². The summed E-state index contributed by atoms with van der Waals surface area (Å²) in [6.45, 7) is 2.17. The summed E-state index contributed by atoms with van der Waals surface area (Å²) in [4.78, 5) is 28.2. The molecule has 0 aliphatic heterocycles. The molecule has 0 spiro atoms. The number of aromatic carboxylic acids is 1. The van der Waals surface area contributed by atoms with E-state index in [2.05, 4.69) is 4.98 Å². The molecule has 0 saturated carbocycles. The molecule has 0 fully saturated rings. The van der Waals surface area contributed by atoms with Gasteiger partial charge in [0.15, 0.2) is 5.69 Å². The van der Waals surface area contributed by atoms with Crippen molar-refractivity contribution in [1.29, 1.82) is 0 Å². The number of nitrogens with zero attached hydrogens (tertiary/aromatic N) is 2. The van der Waals surface area contributed by atoms with Crippen molar-refractivity contribution in [3.05, 3.63) is 51.5 Å². The Morgan fingerprint density at radius 3 is 2.48 bits per heavy atom. The summed E-state index contributed by atoms with van der Waals surface area (Å²) in [6, 6.07) is 9.87. The minimum Gasteiger partial charge on any atom is -0.476 e. The number of aryl methyl sites for hydroxylation is 2. The van der Waals surface area contributed by atoms with Gasteiger partial charge in [0.1, 0.15) is 5.01 Å². The van der Waals surface area contributed by atoms with Gasteiger partial charge in [0, 0.05) is 11.4 Å². The molecule has 2 aromatic rings. The van der Waals surface area contributed by atoms with Crippen LogP contribution in [-0.2, 0) is 13.0 Å². The van der Waals surface area contributed by atoms with Gasteiger partial charge in [0.2, 0.25) is 0 Å². The first-order valence-electron chi connectivity index (χ1n) is 7.18. The van der Waals surface area contributed by atoms with Crippen LogP contribution >= 0.6 is 11.3 Å². The Kier molecular flexibility index (Phi) is 5.70. The minimum atomic E-state index is -1.09. The number of thiazole rings is 1. The third-order valence-corrected chi connectivity index (χ3v) is 4.33. The van der Waals surface area contributed by atoms with Gasteiger partial charge in [-0.15, -0.1) is 11.3 Å². The van der Waals surface area contributed by atoms with Gasteiger partial charge >= 0.3 is 12.1 Å². The van der Waals surface area contributed by atoms with Gasteiger partial charge in [-0.1, -0.05) is 30.3 Å². The molecule has 0 aliphatic carbocycles. The lowest BCUT2D eigenvalue weighted by Crippen LogP contribution is -2.30. The first kappa shape index (κ1) is 17.0. The largest absolute Gasteiger partial charge is 0.476 e. The van der Waals surface area contributed by atoms with Crippen LogP contribution in [0.1, 0.15) is 32.4 Å². The van der Waals surface area contributed by atoms with Crippen molar-refractivity contribution in [3.8, 4) is 0 Å². The maximum atomic E-state index is 11.4. The lowest BCUT2D eigenvalue weighted by Gasteiger charge is -2.17. The van der Waals surface area contributed by atoms with Gasteiger partial charge in [-0.2, -0.15) is 0 Å². The molecule has 0 unspecified atom stereocenters. The smallest absolute Gasteiger partial charge is 0.407 e. The summed E-state index contributed by atoms with van der Waals surface area (Å²) in [7, 11) is 0. The fourth-order valence-electron chi connectivity index (χ4n) is 2.24.